The van der Waals surface area contributed by atoms with E-state index in [9.17, 15) is 4.79 Å². The molecule has 1 aliphatic rings. The molecule has 23 heavy (non-hydrogen) atoms. The largest absolute Gasteiger partial charge is 0.384 e. The molecule has 6 nitrogen and oxygen atoms in total. The molecular formula is C17H23N5O. The second kappa shape index (κ2) is 6.81. The predicted octanol–water partition coefficient (Wildman–Crippen LogP) is 2.25. The molecule has 3 heterocycles. The minimum absolute atomic E-state index is 0.00986. The van der Waals surface area contributed by atoms with E-state index < -0.39 is 0 Å². The first kappa shape index (κ1) is 15.5. The number of piperidine rings is 1. The smallest absolute Gasteiger partial charge is 0.272 e. The van der Waals surface area contributed by atoms with Gasteiger partial charge in [0.2, 0.25) is 0 Å². The van der Waals surface area contributed by atoms with Crippen LogP contribution in [-0.4, -0.2) is 37.9 Å². The third kappa shape index (κ3) is 3.52. The van der Waals surface area contributed by atoms with Crippen molar-refractivity contribution in [2.45, 2.75) is 45.2 Å². The monoisotopic (exact) mass is 313 g/mol. The van der Waals surface area contributed by atoms with Crippen LogP contribution in [0.4, 0.5) is 5.82 Å². The van der Waals surface area contributed by atoms with E-state index in [1.54, 1.807) is 18.2 Å². The molecule has 0 bridgehead atoms. The van der Waals surface area contributed by atoms with Gasteiger partial charge >= 0.3 is 0 Å². The number of nitrogen functional groups attached to an aromatic ring is 1. The lowest BCUT2D eigenvalue weighted by atomic mass is 9.98. The number of amides is 1. The number of likely N-dealkylation sites (tertiary alicyclic amines) is 1. The summed E-state index contributed by atoms with van der Waals surface area (Å²) in [6.45, 7) is 3.67. The van der Waals surface area contributed by atoms with E-state index in [-0.39, 0.29) is 11.9 Å². The van der Waals surface area contributed by atoms with Gasteiger partial charge in [-0.25, -0.2) is 9.97 Å². The highest BCUT2D eigenvalue weighted by atomic mass is 16.2. The van der Waals surface area contributed by atoms with Crippen LogP contribution in [0.15, 0.2) is 30.6 Å². The third-order valence-corrected chi connectivity index (χ3v) is 4.50. The molecule has 0 unspecified atom stereocenters. The maximum Gasteiger partial charge on any atom is 0.272 e. The first-order chi connectivity index (χ1) is 11.1. The first-order valence-electron chi connectivity index (χ1n) is 8.16. The Morgan fingerprint density at radius 3 is 3.00 bits per heavy atom. The van der Waals surface area contributed by atoms with Gasteiger partial charge in [0.05, 0.1) is 0 Å². The van der Waals surface area contributed by atoms with Crippen LogP contribution >= 0.6 is 0 Å². The number of aryl methyl sites for hydroxylation is 2. The molecule has 1 atom stereocenters. The maximum absolute atomic E-state index is 12.8. The SMILES string of the molecule is Cc1nccn1CC[C@H]1CCCCN1C(=O)c1cccc(N)n1. The van der Waals surface area contributed by atoms with Gasteiger partial charge in [-0.05, 0) is 44.7 Å². The molecule has 2 N–H and O–H groups in total. The number of pyridine rings is 1. The molecule has 0 spiro atoms. The van der Waals surface area contributed by atoms with Gasteiger partial charge in [0, 0.05) is 31.5 Å². The first-order valence-corrected chi connectivity index (χ1v) is 8.16. The van der Waals surface area contributed by atoms with Crippen molar-refractivity contribution in [3.8, 4) is 0 Å². The van der Waals surface area contributed by atoms with Gasteiger partial charge in [-0.15, -0.1) is 0 Å². The molecule has 2 aromatic heterocycles. The minimum Gasteiger partial charge on any atom is -0.384 e. The average molecular weight is 313 g/mol. The zero-order valence-electron chi connectivity index (χ0n) is 13.5. The van der Waals surface area contributed by atoms with E-state index in [2.05, 4.69) is 14.5 Å². The second-order valence-electron chi connectivity index (χ2n) is 6.05. The zero-order chi connectivity index (χ0) is 16.2. The Balaban J connectivity index is 1.71. The zero-order valence-corrected chi connectivity index (χ0v) is 13.5. The Morgan fingerprint density at radius 1 is 1.39 bits per heavy atom. The average Bonchev–Trinajstić information content (AvgIpc) is 2.97. The Bertz CT molecular complexity index is 681. The van der Waals surface area contributed by atoms with Crippen LogP contribution in [0.2, 0.25) is 0 Å². The number of aromatic nitrogens is 3. The quantitative estimate of drug-likeness (QED) is 0.939. The summed E-state index contributed by atoms with van der Waals surface area (Å²) in [6.07, 6.45) is 8.00. The lowest BCUT2D eigenvalue weighted by molar-refractivity contribution is 0.0589. The Labute approximate surface area is 136 Å². The van der Waals surface area contributed by atoms with Crippen LogP contribution in [0.3, 0.4) is 0 Å². The van der Waals surface area contributed by atoms with Crippen LogP contribution in [0.1, 0.15) is 42.0 Å². The van der Waals surface area contributed by atoms with Gasteiger partial charge in [-0.1, -0.05) is 6.07 Å². The van der Waals surface area contributed by atoms with Gasteiger partial charge in [-0.3, -0.25) is 4.79 Å². The van der Waals surface area contributed by atoms with E-state index in [1.807, 2.05) is 24.2 Å². The van der Waals surface area contributed by atoms with Crippen molar-refractivity contribution in [3.05, 3.63) is 42.1 Å². The number of carbonyl (C=O) groups excluding carboxylic acids is 1. The maximum atomic E-state index is 12.8. The van der Waals surface area contributed by atoms with Crippen molar-refractivity contribution in [1.29, 1.82) is 0 Å². The molecule has 1 saturated heterocycles. The molecule has 1 amide bonds. The van der Waals surface area contributed by atoms with Crippen molar-refractivity contribution < 1.29 is 4.79 Å². The van der Waals surface area contributed by atoms with Gasteiger partial charge < -0.3 is 15.2 Å². The highest BCUT2D eigenvalue weighted by Crippen LogP contribution is 2.22. The number of hydrogen-bond donors (Lipinski definition) is 1. The van der Waals surface area contributed by atoms with Crippen molar-refractivity contribution in [1.82, 2.24) is 19.4 Å². The van der Waals surface area contributed by atoms with Crippen LogP contribution in [0.5, 0.6) is 0 Å². The van der Waals surface area contributed by atoms with E-state index in [0.717, 1.165) is 38.2 Å². The highest BCUT2D eigenvalue weighted by molar-refractivity contribution is 5.92. The number of anilines is 1. The van der Waals surface area contributed by atoms with Gasteiger partial charge in [-0.2, -0.15) is 0 Å². The molecular weight excluding hydrogens is 290 g/mol. The molecule has 6 heteroatoms. The summed E-state index contributed by atoms with van der Waals surface area (Å²) in [6, 6.07) is 5.47. The number of nitrogens with two attached hydrogens (primary N) is 1. The van der Waals surface area contributed by atoms with Gasteiger partial charge in [0.25, 0.3) is 5.91 Å². The summed E-state index contributed by atoms with van der Waals surface area (Å²) < 4.78 is 2.13. The van der Waals surface area contributed by atoms with Crippen LogP contribution in [0, 0.1) is 6.92 Å². The van der Waals surface area contributed by atoms with E-state index in [0.29, 0.717) is 11.5 Å². The van der Waals surface area contributed by atoms with E-state index in [4.69, 9.17) is 5.73 Å². The van der Waals surface area contributed by atoms with Crippen molar-refractivity contribution >= 4 is 11.7 Å². The highest BCUT2D eigenvalue weighted by Gasteiger charge is 2.28. The molecule has 3 rings (SSSR count). The summed E-state index contributed by atoms with van der Waals surface area (Å²) in [7, 11) is 0. The standard InChI is InChI=1S/C17H23N5O/c1-13-19-9-12-21(13)11-8-14-5-2-3-10-22(14)17(23)15-6-4-7-16(18)20-15/h4,6-7,9,12,14H,2-3,5,8,10-11H2,1H3,(H2,18,20)/t14-/m1/s1. The molecule has 0 aliphatic carbocycles. The number of rotatable bonds is 4. The summed E-state index contributed by atoms with van der Waals surface area (Å²) >= 11 is 0. The van der Waals surface area contributed by atoms with E-state index in [1.165, 1.54) is 6.42 Å². The predicted molar refractivity (Wildman–Crippen MR) is 88.9 cm³/mol. The van der Waals surface area contributed by atoms with Gasteiger partial charge in [0.1, 0.15) is 17.3 Å². The number of imidazole rings is 1. The number of nitrogens with zero attached hydrogens (tertiary/aromatic N) is 4. The molecule has 122 valence electrons. The van der Waals surface area contributed by atoms with Crippen molar-refractivity contribution in [3.63, 3.8) is 0 Å². The fraction of sp³-hybridized carbons (Fsp3) is 0.471. The van der Waals surface area contributed by atoms with Crippen molar-refractivity contribution in [2.24, 2.45) is 0 Å². The topological polar surface area (TPSA) is 77.0 Å². The lowest BCUT2D eigenvalue weighted by Gasteiger charge is -2.35. The molecule has 1 fully saturated rings. The fourth-order valence-electron chi connectivity index (χ4n) is 3.21. The van der Waals surface area contributed by atoms with E-state index >= 15 is 0 Å². The number of carbonyl (C=O) groups is 1. The van der Waals surface area contributed by atoms with Crippen molar-refractivity contribution in [2.75, 3.05) is 12.3 Å². The second-order valence-corrected chi connectivity index (χ2v) is 6.05. The lowest BCUT2D eigenvalue weighted by Crippen LogP contribution is -2.44. The summed E-state index contributed by atoms with van der Waals surface area (Å²) in [5.74, 6) is 1.39. The summed E-state index contributed by atoms with van der Waals surface area (Å²) in [4.78, 5) is 23.2. The Hall–Kier alpha value is -2.37. The van der Waals surface area contributed by atoms with Crippen LogP contribution in [-0.2, 0) is 6.54 Å². The Kier molecular flexibility index (Phi) is 4.60. The van der Waals surface area contributed by atoms with Crippen LogP contribution in [0.25, 0.3) is 0 Å². The fourth-order valence-corrected chi connectivity index (χ4v) is 3.21. The normalized spacial score (nSPS) is 18.1. The molecule has 1 aliphatic heterocycles. The molecule has 0 radical (unpaired) electrons. The minimum atomic E-state index is -0.00986. The summed E-state index contributed by atoms with van der Waals surface area (Å²) in [5.41, 5.74) is 6.15. The summed E-state index contributed by atoms with van der Waals surface area (Å²) in [5, 5.41) is 0. The third-order valence-electron chi connectivity index (χ3n) is 4.50. The Morgan fingerprint density at radius 2 is 2.26 bits per heavy atom. The van der Waals surface area contributed by atoms with Crippen LogP contribution < -0.4 is 5.73 Å². The number of hydrogen-bond acceptors (Lipinski definition) is 4. The molecule has 0 aromatic carbocycles. The molecule has 2 aromatic rings. The molecule has 0 saturated carbocycles. The van der Waals surface area contributed by atoms with Gasteiger partial charge in [0.15, 0.2) is 0 Å².